The van der Waals surface area contributed by atoms with Crippen LogP contribution in [0.3, 0.4) is 0 Å². The largest absolute Gasteiger partial charge is 0.481 e. The number of carboxylic acid groups (broad SMARTS) is 1. The molecule has 1 aromatic rings. The Balaban J connectivity index is 2.83. The van der Waals surface area contributed by atoms with E-state index in [-0.39, 0.29) is 6.42 Å². The minimum absolute atomic E-state index is 0.114. The molecule has 0 amide bonds. The zero-order valence-electron chi connectivity index (χ0n) is 7.46. The second kappa shape index (κ2) is 5.46. The van der Waals surface area contributed by atoms with Gasteiger partial charge in [-0.2, -0.15) is 0 Å². The number of alkyl halides is 1. The average molecular weight is 253 g/mol. The van der Waals surface area contributed by atoms with Crippen LogP contribution in [0.4, 0.5) is 0 Å². The summed E-state index contributed by atoms with van der Waals surface area (Å²) in [5.74, 6) is 4.55. The molecule has 3 heteroatoms. The number of hydrogen-bond donors (Lipinski definition) is 1. The summed E-state index contributed by atoms with van der Waals surface area (Å²) < 4.78 is 0. The molecule has 0 heterocycles. The maximum atomic E-state index is 10.2. The minimum atomic E-state index is -0.895. The van der Waals surface area contributed by atoms with Crippen LogP contribution in [0.5, 0.6) is 0 Å². The second-order valence-electron chi connectivity index (χ2n) is 2.66. The first-order chi connectivity index (χ1) is 6.74. The maximum Gasteiger partial charge on any atom is 0.315 e. The lowest BCUT2D eigenvalue weighted by atomic mass is 10.1. The highest BCUT2D eigenvalue weighted by atomic mass is 79.9. The summed E-state index contributed by atoms with van der Waals surface area (Å²) in [6.07, 6.45) is -0.114. The number of benzene rings is 1. The fourth-order valence-electron chi connectivity index (χ4n) is 0.974. The Bertz CT molecular complexity index is 388. The van der Waals surface area contributed by atoms with Gasteiger partial charge in [0.1, 0.15) is 6.42 Å². The lowest BCUT2D eigenvalue weighted by molar-refractivity contribution is -0.135. The van der Waals surface area contributed by atoms with Crippen molar-refractivity contribution in [2.24, 2.45) is 0 Å². The molecule has 72 valence electrons. The molecule has 0 saturated heterocycles. The zero-order valence-corrected chi connectivity index (χ0v) is 9.04. The highest BCUT2D eigenvalue weighted by molar-refractivity contribution is 9.08. The van der Waals surface area contributed by atoms with E-state index in [2.05, 4.69) is 27.8 Å². The molecule has 1 rings (SSSR count). The van der Waals surface area contributed by atoms with E-state index >= 15 is 0 Å². The van der Waals surface area contributed by atoms with E-state index in [0.717, 1.165) is 16.5 Å². The fraction of sp³-hybridized carbons (Fsp3) is 0.182. The molecular formula is C11H9BrO2. The Morgan fingerprint density at radius 1 is 1.43 bits per heavy atom. The second-order valence-corrected chi connectivity index (χ2v) is 3.22. The number of aliphatic carboxylic acids is 1. The molecule has 0 aromatic heterocycles. The van der Waals surface area contributed by atoms with E-state index in [4.69, 9.17) is 5.11 Å². The minimum Gasteiger partial charge on any atom is -0.481 e. The van der Waals surface area contributed by atoms with Gasteiger partial charge >= 0.3 is 5.97 Å². The van der Waals surface area contributed by atoms with Gasteiger partial charge in [0.25, 0.3) is 0 Å². The standard InChI is InChI=1S/C11H9BrO2/c12-8-10-5-2-1-4-9(10)6-3-7-11(13)14/h1-2,4-5H,7-8H2,(H,13,14). The Kier molecular flexibility index (Phi) is 4.21. The van der Waals surface area contributed by atoms with E-state index in [1.807, 2.05) is 24.3 Å². The molecule has 0 spiro atoms. The average Bonchev–Trinajstić information content (AvgIpc) is 2.18. The van der Waals surface area contributed by atoms with Crippen molar-refractivity contribution in [3.63, 3.8) is 0 Å². The van der Waals surface area contributed by atoms with Crippen molar-refractivity contribution < 1.29 is 9.90 Å². The SMILES string of the molecule is O=C(O)CC#Cc1ccccc1CBr. The van der Waals surface area contributed by atoms with Crippen molar-refractivity contribution in [1.82, 2.24) is 0 Å². The first-order valence-corrected chi connectivity index (χ1v) is 5.20. The predicted molar refractivity (Wildman–Crippen MR) is 58.2 cm³/mol. The third-order valence-corrected chi connectivity index (χ3v) is 2.23. The van der Waals surface area contributed by atoms with Gasteiger partial charge in [0.15, 0.2) is 0 Å². The molecule has 0 atom stereocenters. The van der Waals surface area contributed by atoms with Crippen molar-refractivity contribution >= 4 is 21.9 Å². The summed E-state index contributed by atoms with van der Waals surface area (Å²) in [5, 5.41) is 9.13. The van der Waals surface area contributed by atoms with Gasteiger partial charge in [-0.1, -0.05) is 46.0 Å². The van der Waals surface area contributed by atoms with Crippen LogP contribution in [0.1, 0.15) is 17.5 Å². The number of halogens is 1. The summed E-state index contributed by atoms with van der Waals surface area (Å²) in [4.78, 5) is 10.2. The van der Waals surface area contributed by atoms with Gasteiger partial charge in [0, 0.05) is 10.9 Å². The molecule has 0 saturated carbocycles. The summed E-state index contributed by atoms with van der Waals surface area (Å²) in [7, 11) is 0. The monoisotopic (exact) mass is 252 g/mol. The topological polar surface area (TPSA) is 37.3 Å². The Morgan fingerprint density at radius 2 is 2.14 bits per heavy atom. The molecule has 0 aliphatic rings. The number of rotatable bonds is 2. The Hall–Kier alpha value is -1.27. The lowest BCUT2D eigenvalue weighted by Gasteiger charge is -1.97. The molecule has 1 aromatic carbocycles. The van der Waals surface area contributed by atoms with Crippen LogP contribution in [-0.4, -0.2) is 11.1 Å². The van der Waals surface area contributed by atoms with E-state index in [1.54, 1.807) is 0 Å². The molecule has 0 radical (unpaired) electrons. The van der Waals surface area contributed by atoms with Gasteiger partial charge in [-0.05, 0) is 11.6 Å². The van der Waals surface area contributed by atoms with Crippen LogP contribution in [-0.2, 0) is 10.1 Å². The molecule has 0 bridgehead atoms. The van der Waals surface area contributed by atoms with E-state index in [9.17, 15) is 4.79 Å². The van der Waals surface area contributed by atoms with Gasteiger partial charge in [-0.25, -0.2) is 0 Å². The predicted octanol–water partition coefficient (Wildman–Crippen LogP) is 2.41. The summed E-state index contributed by atoms with van der Waals surface area (Å²) >= 11 is 3.35. The van der Waals surface area contributed by atoms with Gasteiger partial charge in [0.2, 0.25) is 0 Å². The zero-order chi connectivity index (χ0) is 10.4. The molecular weight excluding hydrogens is 244 g/mol. The highest BCUT2D eigenvalue weighted by Gasteiger charge is 1.95. The number of hydrogen-bond acceptors (Lipinski definition) is 1. The van der Waals surface area contributed by atoms with Crippen molar-refractivity contribution in [1.29, 1.82) is 0 Å². The summed E-state index contributed by atoms with van der Waals surface area (Å²) in [6, 6.07) is 7.65. The van der Waals surface area contributed by atoms with E-state index in [1.165, 1.54) is 0 Å². The quantitative estimate of drug-likeness (QED) is 0.649. The molecule has 0 unspecified atom stereocenters. The van der Waals surface area contributed by atoms with Crippen molar-refractivity contribution in [3.8, 4) is 11.8 Å². The molecule has 2 nitrogen and oxygen atoms in total. The first kappa shape index (κ1) is 10.8. The van der Waals surface area contributed by atoms with Gasteiger partial charge < -0.3 is 5.11 Å². The van der Waals surface area contributed by atoms with Crippen LogP contribution in [0, 0.1) is 11.8 Å². The third-order valence-electron chi connectivity index (χ3n) is 1.62. The van der Waals surface area contributed by atoms with Crippen LogP contribution in [0.2, 0.25) is 0 Å². The summed E-state index contributed by atoms with van der Waals surface area (Å²) in [5.41, 5.74) is 1.95. The maximum absolute atomic E-state index is 10.2. The lowest BCUT2D eigenvalue weighted by Crippen LogP contribution is -1.91. The third kappa shape index (κ3) is 3.23. The molecule has 0 aliphatic heterocycles. The normalized spacial score (nSPS) is 8.93. The molecule has 0 fully saturated rings. The smallest absolute Gasteiger partial charge is 0.315 e. The molecule has 0 aliphatic carbocycles. The van der Waals surface area contributed by atoms with Gasteiger partial charge in [0.05, 0.1) is 0 Å². The first-order valence-electron chi connectivity index (χ1n) is 4.08. The highest BCUT2D eigenvalue weighted by Crippen LogP contribution is 2.10. The Labute approximate surface area is 91.1 Å². The van der Waals surface area contributed by atoms with E-state index in [0.29, 0.717) is 0 Å². The summed E-state index contributed by atoms with van der Waals surface area (Å²) in [6.45, 7) is 0. The van der Waals surface area contributed by atoms with Gasteiger partial charge in [-0.3, -0.25) is 4.79 Å². The van der Waals surface area contributed by atoms with Crippen molar-refractivity contribution in [2.75, 3.05) is 0 Å². The van der Waals surface area contributed by atoms with Gasteiger partial charge in [-0.15, -0.1) is 0 Å². The van der Waals surface area contributed by atoms with Crippen molar-refractivity contribution in [2.45, 2.75) is 11.8 Å². The molecule has 14 heavy (non-hydrogen) atoms. The van der Waals surface area contributed by atoms with Crippen LogP contribution >= 0.6 is 15.9 Å². The van der Waals surface area contributed by atoms with Crippen molar-refractivity contribution in [3.05, 3.63) is 35.4 Å². The van der Waals surface area contributed by atoms with Crippen LogP contribution < -0.4 is 0 Å². The van der Waals surface area contributed by atoms with Crippen LogP contribution in [0.25, 0.3) is 0 Å². The number of carboxylic acids is 1. The Morgan fingerprint density at radius 3 is 2.79 bits per heavy atom. The molecule has 1 N–H and O–H groups in total. The van der Waals surface area contributed by atoms with Crippen LogP contribution in [0.15, 0.2) is 24.3 Å². The fourth-order valence-corrected chi connectivity index (χ4v) is 1.46. The van der Waals surface area contributed by atoms with E-state index < -0.39 is 5.97 Å². The number of carbonyl (C=O) groups is 1.